The van der Waals surface area contributed by atoms with Crippen molar-refractivity contribution in [2.75, 3.05) is 5.32 Å². The number of aryl methyl sites for hydroxylation is 1. The quantitative estimate of drug-likeness (QED) is 0.757. The minimum absolute atomic E-state index is 0.110. The smallest absolute Gasteiger partial charge is 0.278 e. The Kier molecular flexibility index (Phi) is 4.12. The first-order chi connectivity index (χ1) is 11.0. The van der Waals surface area contributed by atoms with Crippen LogP contribution in [0, 0.1) is 12.7 Å². The molecule has 0 saturated carbocycles. The molecule has 0 fully saturated rings. The van der Waals surface area contributed by atoms with Crippen LogP contribution in [0.2, 0.25) is 5.02 Å². The molecule has 0 radical (unpaired) electrons. The standard InChI is InChI=1S/C17H12ClFN2O2/c1-10-3-2-4-11(7-10)16-15(20-9-23-16)17(22)21-14-6-5-12(19)8-13(14)18/h2-9H,1H3,(H,21,22). The van der Waals surface area contributed by atoms with Gasteiger partial charge in [-0.05, 0) is 31.2 Å². The molecular weight excluding hydrogens is 319 g/mol. The van der Waals surface area contributed by atoms with E-state index in [4.69, 9.17) is 16.0 Å². The van der Waals surface area contributed by atoms with Crippen molar-refractivity contribution < 1.29 is 13.6 Å². The third-order valence-electron chi connectivity index (χ3n) is 3.24. The van der Waals surface area contributed by atoms with Gasteiger partial charge in [0.25, 0.3) is 5.91 Å². The Labute approximate surface area is 136 Å². The number of amides is 1. The van der Waals surface area contributed by atoms with E-state index in [9.17, 15) is 9.18 Å². The normalized spacial score (nSPS) is 10.6. The Bertz CT molecular complexity index is 877. The highest BCUT2D eigenvalue weighted by molar-refractivity contribution is 6.34. The van der Waals surface area contributed by atoms with Crippen molar-refractivity contribution in [2.24, 2.45) is 0 Å². The molecule has 3 aromatic rings. The van der Waals surface area contributed by atoms with Crippen LogP contribution in [0.15, 0.2) is 53.3 Å². The van der Waals surface area contributed by atoms with Gasteiger partial charge in [0.05, 0.1) is 10.7 Å². The Hall–Kier alpha value is -2.66. The van der Waals surface area contributed by atoms with Crippen LogP contribution in [0.25, 0.3) is 11.3 Å². The van der Waals surface area contributed by atoms with E-state index in [0.29, 0.717) is 11.4 Å². The number of nitrogens with one attached hydrogen (secondary N) is 1. The number of rotatable bonds is 3. The van der Waals surface area contributed by atoms with Gasteiger partial charge in [0, 0.05) is 5.56 Å². The molecule has 1 heterocycles. The summed E-state index contributed by atoms with van der Waals surface area (Å²) >= 11 is 5.91. The van der Waals surface area contributed by atoms with E-state index in [1.807, 2.05) is 31.2 Å². The molecule has 1 N–H and O–H groups in total. The third-order valence-corrected chi connectivity index (χ3v) is 3.55. The molecule has 0 unspecified atom stereocenters. The largest absolute Gasteiger partial charge is 0.443 e. The van der Waals surface area contributed by atoms with Gasteiger partial charge in [-0.25, -0.2) is 9.37 Å². The molecule has 4 nitrogen and oxygen atoms in total. The van der Waals surface area contributed by atoms with Crippen molar-refractivity contribution in [3.8, 4) is 11.3 Å². The number of carbonyl (C=O) groups excluding carboxylic acids is 1. The van der Waals surface area contributed by atoms with Crippen LogP contribution in [0.4, 0.5) is 10.1 Å². The van der Waals surface area contributed by atoms with Gasteiger partial charge >= 0.3 is 0 Å². The van der Waals surface area contributed by atoms with Gasteiger partial charge in [-0.3, -0.25) is 4.79 Å². The zero-order chi connectivity index (χ0) is 16.4. The van der Waals surface area contributed by atoms with Crippen LogP contribution in [-0.2, 0) is 0 Å². The predicted octanol–water partition coefficient (Wildman–Crippen LogP) is 4.69. The summed E-state index contributed by atoms with van der Waals surface area (Å²) in [4.78, 5) is 16.4. The maximum Gasteiger partial charge on any atom is 0.278 e. The van der Waals surface area contributed by atoms with E-state index >= 15 is 0 Å². The molecule has 0 spiro atoms. The van der Waals surface area contributed by atoms with Crippen LogP contribution >= 0.6 is 11.6 Å². The number of aromatic nitrogens is 1. The summed E-state index contributed by atoms with van der Waals surface area (Å²) < 4.78 is 18.4. The summed E-state index contributed by atoms with van der Waals surface area (Å²) in [5.74, 6) is -0.594. The van der Waals surface area contributed by atoms with Crippen molar-refractivity contribution in [3.05, 3.63) is 71.0 Å². The monoisotopic (exact) mass is 330 g/mol. The van der Waals surface area contributed by atoms with Crippen molar-refractivity contribution >= 4 is 23.2 Å². The fraction of sp³-hybridized carbons (Fsp3) is 0.0588. The zero-order valence-corrected chi connectivity index (χ0v) is 12.9. The van der Waals surface area contributed by atoms with Crippen molar-refractivity contribution in [1.82, 2.24) is 4.98 Å². The molecule has 116 valence electrons. The van der Waals surface area contributed by atoms with E-state index < -0.39 is 11.7 Å². The fourth-order valence-corrected chi connectivity index (χ4v) is 2.39. The van der Waals surface area contributed by atoms with Gasteiger partial charge in [-0.2, -0.15) is 0 Å². The van der Waals surface area contributed by atoms with E-state index in [-0.39, 0.29) is 10.7 Å². The van der Waals surface area contributed by atoms with Crippen LogP contribution in [0.1, 0.15) is 16.1 Å². The Morgan fingerprint density at radius 2 is 2.09 bits per heavy atom. The summed E-state index contributed by atoms with van der Waals surface area (Å²) in [6.07, 6.45) is 1.21. The molecule has 1 aromatic heterocycles. The van der Waals surface area contributed by atoms with Crippen molar-refractivity contribution in [1.29, 1.82) is 0 Å². The van der Waals surface area contributed by atoms with E-state index in [0.717, 1.165) is 17.2 Å². The van der Waals surface area contributed by atoms with Crippen molar-refractivity contribution in [3.63, 3.8) is 0 Å². The Balaban J connectivity index is 1.91. The number of anilines is 1. The van der Waals surface area contributed by atoms with Crippen LogP contribution in [-0.4, -0.2) is 10.9 Å². The van der Waals surface area contributed by atoms with Gasteiger partial charge in [0.2, 0.25) is 0 Å². The molecular formula is C17H12ClFN2O2. The second-order valence-corrected chi connectivity index (χ2v) is 5.39. The first-order valence-electron chi connectivity index (χ1n) is 6.81. The Morgan fingerprint density at radius 1 is 1.26 bits per heavy atom. The lowest BCUT2D eigenvalue weighted by atomic mass is 10.1. The summed E-state index contributed by atoms with van der Waals surface area (Å²) in [5, 5.41) is 2.71. The number of carbonyl (C=O) groups is 1. The van der Waals surface area contributed by atoms with Crippen LogP contribution < -0.4 is 5.32 Å². The third kappa shape index (κ3) is 3.24. The average molecular weight is 331 g/mol. The molecule has 0 saturated heterocycles. The number of nitrogens with zero attached hydrogens (tertiary/aromatic N) is 1. The maximum atomic E-state index is 13.1. The molecule has 0 aliphatic carbocycles. The second-order valence-electron chi connectivity index (χ2n) is 4.98. The van der Waals surface area contributed by atoms with Crippen LogP contribution in [0.3, 0.4) is 0 Å². The fourth-order valence-electron chi connectivity index (χ4n) is 2.17. The highest BCUT2D eigenvalue weighted by atomic mass is 35.5. The topological polar surface area (TPSA) is 55.1 Å². The summed E-state index contributed by atoms with van der Waals surface area (Å²) in [7, 11) is 0. The van der Waals surface area contributed by atoms with Gasteiger partial charge in [-0.1, -0.05) is 35.4 Å². The number of hydrogen-bond acceptors (Lipinski definition) is 3. The highest BCUT2D eigenvalue weighted by Crippen LogP contribution is 2.27. The number of oxazole rings is 1. The molecule has 23 heavy (non-hydrogen) atoms. The van der Waals surface area contributed by atoms with Crippen molar-refractivity contribution in [2.45, 2.75) is 6.92 Å². The maximum absolute atomic E-state index is 13.1. The molecule has 0 bridgehead atoms. The lowest BCUT2D eigenvalue weighted by Gasteiger charge is -2.07. The number of benzene rings is 2. The summed E-state index contributed by atoms with van der Waals surface area (Å²) in [5.41, 5.74) is 2.22. The lowest BCUT2D eigenvalue weighted by molar-refractivity contribution is 0.102. The summed E-state index contributed by atoms with van der Waals surface area (Å²) in [6.45, 7) is 1.94. The first kappa shape index (κ1) is 15.2. The Morgan fingerprint density at radius 3 is 2.83 bits per heavy atom. The average Bonchev–Trinajstić information content (AvgIpc) is 2.99. The molecule has 0 atom stereocenters. The van der Waals surface area contributed by atoms with E-state index in [1.54, 1.807) is 0 Å². The molecule has 0 aliphatic heterocycles. The number of hydrogen-bond donors (Lipinski definition) is 1. The summed E-state index contributed by atoms with van der Waals surface area (Å²) in [6, 6.07) is 11.3. The van der Waals surface area contributed by atoms with Gasteiger partial charge < -0.3 is 9.73 Å². The van der Waals surface area contributed by atoms with Gasteiger partial charge in [0.15, 0.2) is 17.8 Å². The first-order valence-corrected chi connectivity index (χ1v) is 7.19. The van der Waals surface area contributed by atoms with E-state index in [2.05, 4.69) is 10.3 Å². The van der Waals surface area contributed by atoms with Gasteiger partial charge in [-0.15, -0.1) is 0 Å². The van der Waals surface area contributed by atoms with Gasteiger partial charge in [0.1, 0.15) is 5.82 Å². The zero-order valence-electron chi connectivity index (χ0n) is 12.1. The highest BCUT2D eigenvalue weighted by Gasteiger charge is 2.19. The predicted molar refractivity (Wildman–Crippen MR) is 86.0 cm³/mol. The molecule has 6 heteroatoms. The lowest BCUT2D eigenvalue weighted by Crippen LogP contribution is -2.13. The minimum atomic E-state index is -0.483. The molecule has 1 amide bonds. The second kappa shape index (κ2) is 6.22. The van der Waals surface area contributed by atoms with E-state index in [1.165, 1.54) is 18.5 Å². The minimum Gasteiger partial charge on any atom is -0.443 e. The van der Waals surface area contributed by atoms with Crippen LogP contribution in [0.5, 0.6) is 0 Å². The molecule has 0 aliphatic rings. The SMILES string of the molecule is Cc1cccc(-c2ocnc2C(=O)Nc2ccc(F)cc2Cl)c1. The molecule has 3 rings (SSSR count). The molecule has 2 aromatic carbocycles. The number of halogens is 2.